The van der Waals surface area contributed by atoms with E-state index in [-0.39, 0.29) is 29.5 Å². The summed E-state index contributed by atoms with van der Waals surface area (Å²) in [5.74, 6) is -0.971. The van der Waals surface area contributed by atoms with Crippen LogP contribution in [0, 0.1) is 5.92 Å². The highest BCUT2D eigenvalue weighted by molar-refractivity contribution is 6.12. The fraction of sp³-hybridized carbons (Fsp3) is 0.571. The molecule has 0 aromatic rings. The second-order valence-electron chi connectivity index (χ2n) is 5.06. The van der Waals surface area contributed by atoms with E-state index in [4.69, 9.17) is 0 Å². The fourth-order valence-corrected chi connectivity index (χ4v) is 2.50. The Kier molecular flexibility index (Phi) is 4.32. The smallest absolute Gasteiger partial charge is 0.253 e. The Labute approximate surface area is 117 Å². The minimum absolute atomic E-state index is 0.0903. The highest BCUT2D eigenvalue weighted by Gasteiger charge is 2.36. The largest absolute Gasteiger partial charge is 0.282 e. The molecule has 1 atom stereocenters. The van der Waals surface area contributed by atoms with Gasteiger partial charge >= 0.3 is 0 Å². The Hall–Kier alpha value is -1.98. The van der Waals surface area contributed by atoms with Gasteiger partial charge in [-0.25, -0.2) is 0 Å². The minimum atomic E-state index is -0.297. The zero-order valence-corrected chi connectivity index (χ0v) is 11.5. The summed E-state index contributed by atoms with van der Waals surface area (Å²) < 4.78 is 0. The minimum Gasteiger partial charge on any atom is -0.282 e. The average molecular weight is 278 g/mol. The average Bonchev–Trinajstić information content (AvgIpc) is 2.88. The van der Waals surface area contributed by atoms with Gasteiger partial charge in [-0.2, -0.15) is 0 Å². The molecule has 0 aliphatic carbocycles. The van der Waals surface area contributed by atoms with Crippen LogP contribution in [0.3, 0.4) is 0 Å². The zero-order valence-electron chi connectivity index (χ0n) is 11.5. The molecule has 1 saturated heterocycles. The molecule has 6 nitrogen and oxygen atoms in total. The van der Waals surface area contributed by atoms with Gasteiger partial charge in [0.1, 0.15) is 0 Å². The summed E-state index contributed by atoms with van der Waals surface area (Å²) >= 11 is 0. The first-order chi connectivity index (χ1) is 9.54. The summed E-state index contributed by atoms with van der Waals surface area (Å²) in [6.07, 6.45) is 4.69. The number of imide groups is 2. The summed E-state index contributed by atoms with van der Waals surface area (Å²) in [6.45, 7) is 2.60. The SMILES string of the molecule is CCC1CC(=O)N(CCCCN2C(=O)C=CC2=O)C1=O. The number of likely N-dealkylation sites (tertiary alicyclic amines) is 1. The van der Waals surface area contributed by atoms with Crippen molar-refractivity contribution < 1.29 is 19.2 Å². The lowest BCUT2D eigenvalue weighted by Crippen LogP contribution is -2.33. The molecule has 6 heteroatoms. The first kappa shape index (κ1) is 14.4. The van der Waals surface area contributed by atoms with Crippen molar-refractivity contribution in [2.75, 3.05) is 13.1 Å². The van der Waals surface area contributed by atoms with E-state index >= 15 is 0 Å². The maximum Gasteiger partial charge on any atom is 0.253 e. The summed E-state index contributed by atoms with van der Waals surface area (Å²) in [4.78, 5) is 48.7. The van der Waals surface area contributed by atoms with E-state index in [1.54, 1.807) is 0 Å². The molecule has 1 unspecified atom stereocenters. The Balaban J connectivity index is 1.74. The van der Waals surface area contributed by atoms with Crippen LogP contribution in [0.1, 0.15) is 32.6 Å². The third-order valence-electron chi connectivity index (χ3n) is 3.74. The predicted molar refractivity (Wildman–Crippen MR) is 70.2 cm³/mol. The molecular weight excluding hydrogens is 260 g/mol. The number of rotatable bonds is 6. The molecule has 0 N–H and O–H groups in total. The standard InChI is InChI=1S/C14H18N2O4/c1-2-10-9-13(19)16(14(10)20)8-4-3-7-15-11(17)5-6-12(15)18/h5-6,10H,2-4,7-9H2,1H3. The van der Waals surface area contributed by atoms with Gasteiger partial charge < -0.3 is 0 Å². The van der Waals surface area contributed by atoms with Crippen LogP contribution in [-0.4, -0.2) is 46.5 Å². The number of nitrogens with zero attached hydrogens (tertiary/aromatic N) is 2. The van der Waals surface area contributed by atoms with Gasteiger partial charge in [0.2, 0.25) is 11.8 Å². The van der Waals surface area contributed by atoms with E-state index in [9.17, 15) is 19.2 Å². The van der Waals surface area contributed by atoms with Gasteiger partial charge in [-0.1, -0.05) is 6.92 Å². The molecule has 0 aromatic carbocycles. The van der Waals surface area contributed by atoms with Gasteiger partial charge in [-0.15, -0.1) is 0 Å². The van der Waals surface area contributed by atoms with Crippen LogP contribution >= 0.6 is 0 Å². The van der Waals surface area contributed by atoms with Crippen LogP contribution in [0.5, 0.6) is 0 Å². The number of unbranched alkanes of at least 4 members (excludes halogenated alkanes) is 1. The molecule has 0 saturated carbocycles. The number of carbonyl (C=O) groups is 4. The lowest BCUT2D eigenvalue weighted by atomic mass is 10.1. The second kappa shape index (κ2) is 5.98. The summed E-state index contributed by atoms with van der Waals surface area (Å²) in [6, 6.07) is 0. The van der Waals surface area contributed by atoms with E-state index in [2.05, 4.69) is 0 Å². The Morgan fingerprint density at radius 3 is 2.05 bits per heavy atom. The Morgan fingerprint density at radius 1 is 1.00 bits per heavy atom. The van der Waals surface area contributed by atoms with Crippen molar-refractivity contribution in [3.8, 4) is 0 Å². The summed E-state index contributed by atoms with van der Waals surface area (Å²) in [5.41, 5.74) is 0. The van der Waals surface area contributed by atoms with Crippen LogP contribution in [0.15, 0.2) is 12.2 Å². The Bertz CT molecular complexity index is 466. The quantitative estimate of drug-likeness (QED) is 0.523. The van der Waals surface area contributed by atoms with Crippen LogP contribution in [0.25, 0.3) is 0 Å². The van der Waals surface area contributed by atoms with Gasteiger partial charge in [-0.05, 0) is 19.3 Å². The lowest BCUT2D eigenvalue weighted by molar-refractivity contribution is -0.140. The van der Waals surface area contributed by atoms with Gasteiger partial charge in [0, 0.05) is 37.6 Å². The first-order valence-corrected chi connectivity index (χ1v) is 6.92. The normalized spacial score (nSPS) is 22.6. The van der Waals surface area contributed by atoms with E-state index in [0.717, 1.165) is 0 Å². The van der Waals surface area contributed by atoms with Crippen molar-refractivity contribution in [3.63, 3.8) is 0 Å². The molecule has 20 heavy (non-hydrogen) atoms. The van der Waals surface area contributed by atoms with Crippen molar-refractivity contribution in [2.45, 2.75) is 32.6 Å². The van der Waals surface area contributed by atoms with Crippen LogP contribution in [0.2, 0.25) is 0 Å². The fourth-order valence-electron chi connectivity index (χ4n) is 2.50. The monoisotopic (exact) mass is 278 g/mol. The topological polar surface area (TPSA) is 74.8 Å². The molecule has 4 amide bonds. The van der Waals surface area contributed by atoms with E-state index < -0.39 is 0 Å². The van der Waals surface area contributed by atoms with Crippen LogP contribution < -0.4 is 0 Å². The zero-order chi connectivity index (χ0) is 14.7. The Morgan fingerprint density at radius 2 is 1.55 bits per heavy atom. The van der Waals surface area contributed by atoms with E-state index in [1.807, 2.05) is 6.92 Å². The molecule has 0 radical (unpaired) electrons. The summed E-state index contributed by atoms with van der Waals surface area (Å²) in [5, 5.41) is 0. The molecule has 1 fully saturated rings. The van der Waals surface area contributed by atoms with Gasteiger partial charge in [0.05, 0.1) is 0 Å². The molecule has 108 valence electrons. The highest BCUT2D eigenvalue weighted by Crippen LogP contribution is 2.22. The highest BCUT2D eigenvalue weighted by atomic mass is 16.2. The van der Waals surface area contributed by atoms with Crippen LogP contribution in [-0.2, 0) is 19.2 Å². The van der Waals surface area contributed by atoms with Crippen molar-refractivity contribution >= 4 is 23.6 Å². The first-order valence-electron chi connectivity index (χ1n) is 6.92. The van der Waals surface area contributed by atoms with Gasteiger partial charge in [0.15, 0.2) is 0 Å². The third kappa shape index (κ3) is 2.79. The lowest BCUT2D eigenvalue weighted by Gasteiger charge is -2.16. The third-order valence-corrected chi connectivity index (χ3v) is 3.74. The molecule has 2 aliphatic heterocycles. The molecule has 0 spiro atoms. The van der Waals surface area contributed by atoms with E-state index in [1.165, 1.54) is 22.0 Å². The van der Waals surface area contributed by atoms with Crippen LogP contribution in [0.4, 0.5) is 0 Å². The summed E-state index contributed by atoms with van der Waals surface area (Å²) in [7, 11) is 0. The number of hydrogen-bond donors (Lipinski definition) is 0. The second-order valence-corrected chi connectivity index (χ2v) is 5.06. The van der Waals surface area contributed by atoms with Crippen molar-refractivity contribution in [3.05, 3.63) is 12.2 Å². The van der Waals surface area contributed by atoms with Crippen molar-refractivity contribution in [1.29, 1.82) is 0 Å². The molecule has 2 rings (SSSR count). The molecule has 0 aromatic heterocycles. The number of hydrogen-bond acceptors (Lipinski definition) is 4. The molecular formula is C14H18N2O4. The predicted octanol–water partition coefficient (Wildman–Crippen LogP) is 0.477. The van der Waals surface area contributed by atoms with Gasteiger partial charge in [-0.3, -0.25) is 29.0 Å². The van der Waals surface area contributed by atoms with E-state index in [0.29, 0.717) is 38.8 Å². The maximum atomic E-state index is 11.9. The van der Waals surface area contributed by atoms with Crippen molar-refractivity contribution in [1.82, 2.24) is 9.80 Å². The van der Waals surface area contributed by atoms with Gasteiger partial charge in [0.25, 0.3) is 11.8 Å². The number of carbonyl (C=O) groups excluding carboxylic acids is 4. The molecule has 0 bridgehead atoms. The molecule has 2 aliphatic rings. The number of amides is 4. The molecule has 2 heterocycles. The maximum absolute atomic E-state index is 11.9. The van der Waals surface area contributed by atoms with Crippen molar-refractivity contribution in [2.24, 2.45) is 5.92 Å².